The van der Waals surface area contributed by atoms with Gasteiger partial charge in [0.1, 0.15) is 11.6 Å². The summed E-state index contributed by atoms with van der Waals surface area (Å²) in [6, 6.07) is 16.5. The SMILES string of the molecule is Cc1ccnc(NC(=O)CCC(=O)N(CC(=O)NCc2ccccc2)Cc2ccco2)c1. The molecule has 8 heteroatoms. The number of pyridine rings is 1. The van der Waals surface area contributed by atoms with Gasteiger partial charge in [-0.1, -0.05) is 30.3 Å². The Balaban J connectivity index is 1.54. The first-order valence-corrected chi connectivity index (χ1v) is 10.3. The van der Waals surface area contributed by atoms with Gasteiger partial charge in [0.25, 0.3) is 0 Å². The van der Waals surface area contributed by atoms with Crippen molar-refractivity contribution in [3.05, 3.63) is 83.9 Å². The maximum absolute atomic E-state index is 12.8. The maximum atomic E-state index is 12.8. The smallest absolute Gasteiger partial charge is 0.239 e. The van der Waals surface area contributed by atoms with Crippen molar-refractivity contribution in [3.8, 4) is 0 Å². The zero-order chi connectivity index (χ0) is 22.8. The Hall–Kier alpha value is -3.94. The second-order valence-corrected chi connectivity index (χ2v) is 7.36. The van der Waals surface area contributed by atoms with Crippen LogP contribution in [0.5, 0.6) is 0 Å². The molecular formula is C24H26N4O4. The van der Waals surface area contributed by atoms with Crippen molar-refractivity contribution in [2.75, 3.05) is 11.9 Å². The van der Waals surface area contributed by atoms with E-state index in [2.05, 4.69) is 15.6 Å². The summed E-state index contributed by atoms with van der Waals surface area (Å²) in [6.45, 7) is 2.28. The lowest BCUT2D eigenvalue weighted by molar-refractivity contribution is -0.137. The molecule has 3 amide bonds. The van der Waals surface area contributed by atoms with Crippen molar-refractivity contribution in [3.63, 3.8) is 0 Å². The minimum absolute atomic E-state index is 0.0191. The molecule has 0 unspecified atom stereocenters. The van der Waals surface area contributed by atoms with E-state index >= 15 is 0 Å². The Morgan fingerprint density at radius 3 is 2.53 bits per heavy atom. The summed E-state index contributed by atoms with van der Waals surface area (Å²) in [5, 5.41) is 5.50. The van der Waals surface area contributed by atoms with Crippen LogP contribution in [0.25, 0.3) is 0 Å². The van der Waals surface area contributed by atoms with Crippen LogP contribution in [-0.4, -0.2) is 34.2 Å². The van der Waals surface area contributed by atoms with Crippen molar-refractivity contribution in [2.24, 2.45) is 0 Å². The number of carbonyl (C=O) groups excluding carboxylic acids is 3. The largest absolute Gasteiger partial charge is 0.467 e. The highest BCUT2D eigenvalue weighted by Gasteiger charge is 2.20. The number of furan rings is 1. The van der Waals surface area contributed by atoms with Gasteiger partial charge in [0, 0.05) is 25.6 Å². The van der Waals surface area contributed by atoms with E-state index in [1.807, 2.05) is 43.3 Å². The molecule has 32 heavy (non-hydrogen) atoms. The van der Waals surface area contributed by atoms with Crippen LogP contribution >= 0.6 is 0 Å². The molecule has 0 fully saturated rings. The molecule has 3 aromatic rings. The summed E-state index contributed by atoms with van der Waals surface area (Å²) in [5.74, 6) is 0.0755. The molecule has 2 heterocycles. The number of nitrogens with zero attached hydrogens (tertiary/aromatic N) is 2. The summed E-state index contributed by atoms with van der Waals surface area (Å²) in [7, 11) is 0. The quantitative estimate of drug-likeness (QED) is 0.510. The number of anilines is 1. The molecule has 0 atom stereocenters. The maximum Gasteiger partial charge on any atom is 0.239 e. The first-order chi connectivity index (χ1) is 15.5. The van der Waals surface area contributed by atoms with E-state index < -0.39 is 0 Å². The van der Waals surface area contributed by atoms with Crippen LogP contribution in [-0.2, 0) is 27.5 Å². The number of aromatic nitrogens is 1. The lowest BCUT2D eigenvalue weighted by atomic mass is 10.2. The van der Waals surface area contributed by atoms with Crippen molar-refractivity contribution in [2.45, 2.75) is 32.9 Å². The van der Waals surface area contributed by atoms with Gasteiger partial charge >= 0.3 is 0 Å². The number of hydrogen-bond acceptors (Lipinski definition) is 5. The fourth-order valence-corrected chi connectivity index (χ4v) is 3.04. The summed E-state index contributed by atoms with van der Waals surface area (Å²) < 4.78 is 5.33. The topological polar surface area (TPSA) is 105 Å². The molecule has 3 rings (SSSR count). The second-order valence-electron chi connectivity index (χ2n) is 7.36. The van der Waals surface area contributed by atoms with Crippen LogP contribution in [0.1, 0.15) is 29.7 Å². The van der Waals surface area contributed by atoms with E-state index in [4.69, 9.17) is 4.42 Å². The molecular weight excluding hydrogens is 408 g/mol. The third-order valence-corrected chi connectivity index (χ3v) is 4.70. The first kappa shape index (κ1) is 22.7. The zero-order valence-electron chi connectivity index (χ0n) is 17.9. The minimum Gasteiger partial charge on any atom is -0.467 e. The highest BCUT2D eigenvalue weighted by molar-refractivity contribution is 5.93. The van der Waals surface area contributed by atoms with Gasteiger partial charge in [-0.3, -0.25) is 14.4 Å². The number of rotatable bonds is 10. The van der Waals surface area contributed by atoms with Crippen molar-refractivity contribution < 1.29 is 18.8 Å². The van der Waals surface area contributed by atoms with Crippen LogP contribution in [0.3, 0.4) is 0 Å². The highest BCUT2D eigenvalue weighted by Crippen LogP contribution is 2.10. The van der Waals surface area contributed by atoms with E-state index in [9.17, 15) is 14.4 Å². The van der Waals surface area contributed by atoms with E-state index in [0.29, 0.717) is 18.1 Å². The van der Waals surface area contributed by atoms with Crippen molar-refractivity contribution in [1.29, 1.82) is 0 Å². The third kappa shape index (κ3) is 7.39. The Bertz CT molecular complexity index is 1040. The van der Waals surface area contributed by atoms with E-state index in [1.165, 1.54) is 11.2 Å². The molecule has 0 bridgehead atoms. The van der Waals surface area contributed by atoms with E-state index in [-0.39, 0.29) is 43.7 Å². The van der Waals surface area contributed by atoms with Crippen molar-refractivity contribution >= 4 is 23.5 Å². The average Bonchev–Trinajstić information content (AvgIpc) is 3.29. The summed E-state index contributed by atoms with van der Waals surface area (Å²) >= 11 is 0. The Morgan fingerprint density at radius 2 is 1.81 bits per heavy atom. The summed E-state index contributed by atoms with van der Waals surface area (Å²) in [6.07, 6.45) is 3.06. The fourth-order valence-electron chi connectivity index (χ4n) is 3.04. The van der Waals surface area contributed by atoms with E-state index in [1.54, 1.807) is 24.4 Å². The lowest BCUT2D eigenvalue weighted by Crippen LogP contribution is -2.40. The number of amides is 3. The Morgan fingerprint density at radius 1 is 1.00 bits per heavy atom. The lowest BCUT2D eigenvalue weighted by Gasteiger charge is -2.21. The number of nitrogens with one attached hydrogen (secondary N) is 2. The van der Waals surface area contributed by atoms with Gasteiger partial charge < -0.3 is 20.0 Å². The Kier molecular flexibility index (Phi) is 8.14. The van der Waals surface area contributed by atoms with Gasteiger partial charge in [0.05, 0.1) is 19.4 Å². The molecule has 8 nitrogen and oxygen atoms in total. The van der Waals surface area contributed by atoms with Crippen molar-refractivity contribution in [1.82, 2.24) is 15.2 Å². The molecule has 2 aromatic heterocycles. The molecule has 0 aliphatic heterocycles. The second kappa shape index (κ2) is 11.5. The number of hydrogen-bond donors (Lipinski definition) is 2. The summed E-state index contributed by atoms with van der Waals surface area (Å²) in [5.41, 5.74) is 1.93. The molecule has 166 valence electrons. The molecule has 2 N–H and O–H groups in total. The van der Waals surface area contributed by atoms with Crippen LogP contribution < -0.4 is 10.6 Å². The zero-order valence-corrected chi connectivity index (χ0v) is 17.9. The molecule has 0 aliphatic rings. The normalized spacial score (nSPS) is 10.4. The highest BCUT2D eigenvalue weighted by atomic mass is 16.3. The predicted octanol–water partition coefficient (Wildman–Crippen LogP) is 3.05. The van der Waals surface area contributed by atoms with E-state index in [0.717, 1.165) is 11.1 Å². The monoisotopic (exact) mass is 434 g/mol. The van der Waals surface area contributed by atoms with Gasteiger partial charge in [0.15, 0.2) is 0 Å². The van der Waals surface area contributed by atoms with Gasteiger partial charge in [0.2, 0.25) is 17.7 Å². The van der Waals surface area contributed by atoms with Gasteiger partial charge in [-0.25, -0.2) is 4.98 Å². The van der Waals surface area contributed by atoms with Crippen LogP contribution in [0.2, 0.25) is 0 Å². The molecule has 0 saturated carbocycles. The molecule has 0 radical (unpaired) electrons. The number of aryl methyl sites for hydroxylation is 1. The minimum atomic E-state index is -0.317. The predicted molar refractivity (Wildman–Crippen MR) is 119 cm³/mol. The number of carbonyl (C=O) groups is 3. The van der Waals surface area contributed by atoms with Crippen LogP contribution in [0.4, 0.5) is 5.82 Å². The molecule has 0 spiro atoms. The fraction of sp³-hybridized carbons (Fsp3) is 0.250. The number of benzene rings is 1. The molecule has 1 aromatic carbocycles. The average molecular weight is 434 g/mol. The Labute approximate surface area is 186 Å². The first-order valence-electron chi connectivity index (χ1n) is 10.3. The van der Waals surface area contributed by atoms with Gasteiger partial charge in [-0.2, -0.15) is 0 Å². The summed E-state index contributed by atoms with van der Waals surface area (Å²) in [4.78, 5) is 42.9. The van der Waals surface area contributed by atoms with Gasteiger partial charge in [-0.15, -0.1) is 0 Å². The van der Waals surface area contributed by atoms with Crippen LogP contribution in [0, 0.1) is 6.92 Å². The standard InChI is InChI=1S/C24H26N4O4/c1-18-11-12-25-21(14-18)27-22(29)9-10-24(31)28(16-20-8-5-13-32-20)17-23(30)26-15-19-6-3-2-4-7-19/h2-8,11-14H,9-10,15-17H2,1H3,(H,26,30)(H,25,27,29). The molecule has 0 saturated heterocycles. The van der Waals surface area contributed by atoms with Gasteiger partial charge in [-0.05, 0) is 42.3 Å². The third-order valence-electron chi connectivity index (χ3n) is 4.70. The van der Waals surface area contributed by atoms with Crippen LogP contribution in [0.15, 0.2) is 71.5 Å². The molecule has 0 aliphatic carbocycles.